The molecule has 0 spiro atoms. The van der Waals surface area contributed by atoms with Gasteiger partial charge in [-0.05, 0) is 36.8 Å². The summed E-state index contributed by atoms with van der Waals surface area (Å²) in [5.41, 5.74) is 6.93. The Hall–Kier alpha value is -3.17. The lowest BCUT2D eigenvalue weighted by Crippen LogP contribution is -2.50. The van der Waals surface area contributed by atoms with Crippen LogP contribution in [0.1, 0.15) is 12.2 Å². The fourth-order valence-electron chi connectivity index (χ4n) is 4.51. The van der Waals surface area contributed by atoms with Crippen molar-refractivity contribution in [2.45, 2.75) is 25.0 Å². The van der Waals surface area contributed by atoms with E-state index in [1.807, 2.05) is 30.3 Å². The number of amides is 2. The molecule has 2 fully saturated rings. The highest BCUT2D eigenvalue weighted by atomic mass is 32.1. The smallest absolute Gasteiger partial charge is 0.315 e. The molecule has 2 bridgehead atoms. The van der Waals surface area contributed by atoms with Crippen LogP contribution in [0.3, 0.4) is 0 Å². The molecule has 2 aliphatic heterocycles. The van der Waals surface area contributed by atoms with Gasteiger partial charge in [-0.3, -0.25) is 4.90 Å². The van der Waals surface area contributed by atoms with E-state index in [-0.39, 0.29) is 12.1 Å². The molecule has 0 aliphatic carbocycles. The van der Waals surface area contributed by atoms with Gasteiger partial charge in [0.1, 0.15) is 17.1 Å². The average molecular weight is 421 g/mol. The molecule has 8 nitrogen and oxygen atoms in total. The molecule has 0 unspecified atom stereocenters. The first-order valence-electron chi connectivity index (χ1n) is 9.84. The minimum absolute atomic E-state index is 0.222. The van der Waals surface area contributed by atoms with Crippen LogP contribution in [0.15, 0.2) is 47.0 Å². The van der Waals surface area contributed by atoms with Crippen molar-refractivity contribution in [3.8, 4) is 10.9 Å². The van der Waals surface area contributed by atoms with Crippen molar-refractivity contribution in [2.24, 2.45) is 5.73 Å². The van der Waals surface area contributed by atoms with Gasteiger partial charge in [0.15, 0.2) is 5.65 Å². The van der Waals surface area contributed by atoms with Crippen LogP contribution in [0.4, 0.5) is 4.79 Å². The standard InChI is InChI=1S/C21H19N5O3S/c22-20(27)26-10-13-7-14(26)9-25(13)11-16-6-12-3-4-15(8-17(12)28-16)29-21-24-19-18(30-21)2-1-5-23-19/h1-6,8,13-14H,7,9-11H2,(H2,22,27)/t13-,14+/m1/s1. The van der Waals surface area contributed by atoms with Crippen molar-refractivity contribution in [1.82, 2.24) is 19.8 Å². The van der Waals surface area contributed by atoms with Crippen LogP contribution in [-0.2, 0) is 6.54 Å². The zero-order valence-corrected chi connectivity index (χ0v) is 16.8. The molecule has 152 valence electrons. The predicted molar refractivity (Wildman–Crippen MR) is 113 cm³/mol. The Morgan fingerprint density at radius 2 is 2.20 bits per heavy atom. The monoisotopic (exact) mass is 421 g/mol. The Morgan fingerprint density at radius 3 is 3.00 bits per heavy atom. The summed E-state index contributed by atoms with van der Waals surface area (Å²) in [5, 5.41) is 1.59. The normalized spacial score (nSPS) is 21.1. The molecule has 9 heteroatoms. The van der Waals surface area contributed by atoms with Crippen LogP contribution in [0.2, 0.25) is 0 Å². The maximum atomic E-state index is 11.5. The summed E-state index contributed by atoms with van der Waals surface area (Å²) < 4.78 is 13.0. The van der Waals surface area contributed by atoms with E-state index >= 15 is 0 Å². The maximum Gasteiger partial charge on any atom is 0.315 e. The molecule has 5 heterocycles. The number of hydrogen-bond acceptors (Lipinski definition) is 7. The number of nitrogens with two attached hydrogens (primary N) is 1. The van der Waals surface area contributed by atoms with Gasteiger partial charge in [-0.25, -0.2) is 9.78 Å². The molecule has 30 heavy (non-hydrogen) atoms. The van der Waals surface area contributed by atoms with Crippen molar-refractivity contribution in [1.29, 1.82) is 0 Å². The van der Waals surface area contributed by atoms with Crippen LogP contribution in [0.5, 0.6) is 10.9 Å². The number of carbonyl (C=O) groups is 1. The van der Waals surface area contributed by atoms with Gasteiger partial charge in [0, 0.05) is 42.8 Å². The molecule has 3 aromatic heterocycles. The predicted octanol–water partition coefficient (Wildman–Crippen LogP) is 3.57. The van der Waals surface area contributed by atoms with Crippen molar-refractivity contribution < 1.29 is 13.9 Å². The number of hydrogen-bond donors (Lipinski definition) is 1. The lowest BCUT2D eigenvalue weighted by Gasteiger charge is -2.32. The van der Waals surface area contributed by atoms with Gasteiger partial charge in [-0.1, -0.05) is 11.3 Å². The molecule has 2 aliphatic rings. The first-order valence-corrected chi connectivity index (χ1v) is 10.7. The second-order valence-electron chi connectivity index (χ2n) is 7.78. The lowest BCUT2D eigenvalue weighted by atomic mass is 10.2. The number of likely N-dealkylation sites (tertiary alicyclic amines) is 2. The fraction of sp³-hybridized carbons (Fsp3) is 0.286. The quantitative estimate of drug-likeness (QED) is 0.541. The van der Waals surface area contributed by atoms with E-state index in [2.05, 4.69) is 20.9 Å². The zero-order valence-electron chi connectivity index (χ0n) is 16.0. The minimum Gasteiger partial charge on any atom is -0.460 e. The zero-order chi connectivity index (χ0) is 20.2. The van der Waals surface area contributed by atoms with E-state index in [0.717, 1.165) is 40.9 Å². The largest absolute Gasteiger partial charge is 0.460 e. The summed E-state index contributed by atoms with van der Waals surface area (Å²) in [5.74, 6) is 1.59. The number of furan rings is 1. The number of benzene rings is 1. The minimum atomic E-state index is -0.317. The Kier molecular flexibility index (Phi) is 3.93. The van der Waals surface area contributed by atoms with E-state index < -0.39 is 0 Å². The van der Waals surface area contributed by atoms with Crippen molar-refractivity contribution >= 4 is 38.7 Å². The molecule has 2 saturated heterocycles. The van der Waals surface area contributed by atoms with Crippen LogP contribution in [0, 0.1) is 0 Å². The number of piperazine rings is 1. The van der Waals surface area contributed by atoms with Gasteiger partial charge >= 0.3 is 6.03 Å². The third-order valence-electron chi connectivity index (χ3n) is 5.89. The Morgan fingerprint density at radius 1 is 1.27 bits per heavy atom. The molecule has 2 amide bonds. The summed E-state index contributed by atoms with van der Waals surface area (Å²) >= 11 is 1.46. The molecular formula is C21H19N5O3S. The Balaban J connectivity index is 1.19. The summed E-state index contributed by atoms with van der Waals surface area (Å²) in [6.07, 6.45) is 2.71. The highest BCUT2D eigenvalue weighted by Crippen LogP contribution is 2.34. The number of primary amides is 1. The average Bonchev–Trinajstić information content (AvgIpc) is 3.49. The molecule has 0 radical (unpaired) electrons. The SMILES string of the molecule is NC(=O)N1C[C@H]2C[C@H]1CN2Cc1cc2ccc(Oc3nc4ncccc4s3)cc2o1. The van der Waals surface area contributed by atoms with Crippen LogP contribution >= 0.6 is 11.3 Å². The van der Waals surface area contributed by atoms with Gasteiger partial charge < -0.3 is 19.8 Å². The molecule has 4 aromatic rings. The topological polar surface area (TPSA) is 97.7 Å². The number of rotatable bonds is 4. The molecule has 0 saturated carbocycles. The highest BCUT2D eigenvalue weighted by Gasteiger charge is 2.44. The molecule has 6 rings (SSSR count). The van der Waals surface area contributed by atoms with E-state index in [4.69, 9.17) is 14.9 Å². The fourth-order valence-corrected chi connectivity index (χ4v) is 5.31. The van der Waals surface area contributed by atoms with Crippen molar-refractivity contribution in [3.05, 3.63) is 48.4 Å². The molecule has 2 atom stereocenters. The van der Waals surface area contributed by atoms with Gasteiger partial charge in [0.05, 0.1) is 11.2 Å². The molecule has 1 aromatic carbocycles. The maximum absolute atomic E-state index is 11.5. The first kappa shape index (κ1) is 17.7. The second kappa shape index (κ2) is 6.68. The van der Waals surface area contributed by atoms with Crippen molar-refractivity contribution in [3.63, 3.8) is 0 Å². The van der Waals surface area contributed by atoms with Crippen molar-refractivity contribution in [2.75, 3.05) is 13.1 Å². The van der Waals surface area contributed by atoms with Gasteiger partial charge in [0.2, 0.25) is 0 Å². The number of nitrogens with zero attached hydrogens (tertiary/aromatic N) is 4. The summed E-state index contributed by atoms with van der Waals surface area (Å²) in [6.45, 7) is 2.27. The first-order chi connectivity index (χ1) is 14.6. The second-order valence-corrected chi connectivity index (χ2v) is 8.78. The number of urea groups is 1. The number of aromatic nitrogens is 2. The van der Waals surface area contributed by atoms with Crippen LogP contribution < -0.4 is 10.5 Å². The number of fused-ring (bicyclic) bond motifs is 4. The van der Waals surface area contributed by atoms with Gasteiger partial charge in [-0.2, -0.15) is 4.98 Å². The van der Waals surface area contributed by atoms with Gasteiger partial charge in [0.25, 0.3) is 5.19 Å². The van der Waals surface area contributed by atoms with E-state index in [9.17, 15) is 4.79 Å². The van der Waals surface area contributed by atoms with E-state index in [0.29, 0.717) is 29.2 Å². The highest BCUT2D eigenvalue weighted by molar-refractivity contribution is 7.20. The lowest BCUT2D eigenvalue weighted by molar-refractivity contribution is 0.132. The molecular weight excluding hydrogens is 402 g/mol. The third kappa shape index (κ3) is 2.98. The Bertz CT molecular complexity index is 1230. The summed E-state index contributed by atoms with van der Waals surface area (Å²) in [4.78, 5) is 24.3. The molecule has 2 N–H and O–H groups in total. The third-order valence-corrected chi connectivity index (χ3v) is 6.78. The van der Waals surface area contributed by atoms with E-state index in [1.165, 1.54) is 11.3 Å². The number of pyridine rings is 1. The summed E-state index contributed by atoms with van der Waals surface area (Å²) in [7, 11) is 0. The van der Waals surface area contributed by atoms with Crippen LogP contribution in [0.25, 0.3) is 21.3 Å². The van der Waals surface area contributed by atoms with E-state index in [1.54, 1.807) is 11.1 Å². The number of ether oxygens (including phenoxy) is 1. The van der Waals surface area contributed by atoms with Gasteiger partial charge in [-0.15, -0.1) is 0 Å². The summed E-state index contributed by atoms with van der Waals surface area (Å²) in [6, 6.07) is 12.0. The number of carbonyl (C=O) groups excluding carboxylic acids is 1. The van der Waals surface area contributed by atoms with Crippen LogP contribution in [-0.4, -0.2) is 51.0 Å². The number of thiazole rings is 1. The Labute approximate surface area is 175 Å².